The van der Waals surface area contributed by atoms with Crippen molar-refractivity contribution in [3.8, 4) is 11.3 Å². The zero-order valence-corrected chi connectivity index (χ0v) is 14.9. The third kappa shape index (κ3) is 4.22. The molecule has 4 rings (SSSR count). The third-order valence-electron chi connectivity index (χ3n) is 3.98. The number of carbonyl (C=O) groups excluding carboxylic acids is 2. The minimum absolute atomic E-state index is 0.0331. The number of nitrogens with zero attached hydrogens (tertiary/aromatic N) is 1. The Kier molecular flexibility index (Phi) is 4.90. The van der Waals surface area contributed by atoms with Gasteiger partial charge in [0.25, 0.3) is 11.8 Å². The maximum Gasteiger partial charge on any atom is 0.294 e. The van der Waals surface area contributed by atoms with Gasteiger partial charge in [-0.2, -0.15) is 0 Å². The highest BCUT2D eigenvalue weighted by atomic mass is 19.1. The number of rotatable bonds is 5. The van der Waals surface area contributed by atoms with Crippen LogP contribution in [0.5, 0.6) is 0 Å². The molecule has 0 spiro atoms. The van der Waals surface area contributed by atoms with Gasteiger partial charge in [-0.25, -0.2) is 4.39 Å². The van der Waals surface area contributed by atoms with Gasteiger partial charge in [-0.05, 0) is 42.5 Å². The highest BCUT2D eigenvalue weighted by Gasteiger charge is 2.15. The van der Waals surface area contributed by atoms with Gasteiger partial charge < -0.3 is 19.6 Å². The first kappa shape index (κ1) is 18.2. The van der Waals surface area contributed by atoms with E-state index in [0.29, 0.717) is 22.6 Å². The van der Waals surface area contributed by atoms with Crippen LogP contribution in [0, 0.1) is 5.82 Å². The smallest absolute Gasteiger partial charge is 0.294 e. The van der Waals surface area contributed by atoms with Gasteiger partial charge in [0.1, 0.15) is 11.5 Å². The van der Waals surface area contributed by atoms with Gasteiger partial charge in [-0.15, -0.1) is 0 Å². The number of aromatic nitrogens is 1. The average molecular weight is 391 g/mol. The monoisotopic (exact) mass is 391 g/mol. The van der Waals surface area contributed by atoms with Crippen molar-refractivity contribution in [1.82, 2.24) is 5.16 Å². The molecule has 2 N–H and O–H groups in total. The average Bonchev–Trinajstić information content (AvgIpc) is 3.41. The third-order valence-corrected chi connectivity index (χ3v) is 3.98. The zero-order valence-electron chi connectivity index (χ0n) is 14.9. The summed E-state index contributed by atoms with van der Waals surface area (Å²) in [6.07, 6.45) is 1.40. The summed E-state index contributed by atoms with van der Waals surface area (Å²) in [4.78, 5) is 24.5. The molecule has 7 nitrogen and oxygen atoms in total. The second kappa shape index (κ2) is 7.81. The van der Waals surface area contributed by atoms with Crippen molar-refractivity contribution < 1.29 is 22.9 Å². The molecule has 0 radical (unpaired) electrons. The summed E-state index contributed by atoms with van der Waals surface area (Å²) in [6.45, 7) is 0. The molecule has 2 aromatic heterocycles. The summed E-state index contributed by atoms with van der Waals surface area (Å²) in [6, 6.07) is 17.0. The Balaban J connectivity index is 1.45. The first-order valence-corrected chi connectivity index (χ1v) is 8.57. The van der Waals surface area contributed by atoms with Crippen molar-refractivity contribution in [2.24, 2.45) is 0 Å². The standard InChI is InChI=1S/C21H14FN3O4/c22-14-5-1-4-13(10-14)17-12-19(29-25-17)21(27)24-16-7-2-6-15(11-16)23-20(26)18-8-3-9-28-18/h1-12H,(H,23,26)(H,24,27). The topological polar surface area (TPSA) is 97.4 Å². The molecule has 0 bridgehead atoms. The van der Waals surface area contributed by atoms with Gasteiger partial charge in [0.05, 0.1) is 6.26 Å². The summed E-state index contributed by atoms with van der Waals surface area (Å²) < 4.78 is 23.5. The van der Waals surface area contributed by atoms with Gasteiger partial charge in [0.2, 0.25) is 5.76 Å². The Labute approximate surface area is 164 Å². The Bertz CT molecular complexity index is 1170. The van der Waals surface area contributed by atoms with E-state index in [9.17, 15) is 14.0 Å². The van der Waals surface area contributed by atoms with E-state index in [-0.39, 0.29) is 11.5 Å². The molecule has 29 heavy (non-hydrogen) atoms. The molecule has 8 heteroatoms. The zero-order chi connectivity index (χ0) is 20.2. The van der Waals surface area contributed by atoms with E-state index in [2.05, 4.69) is 15.8 Å². The van der Waals surface area contributed by atoms with Crippen LogP contribution in [-0.2, 0) is 0 Å². The normalized spacial score (nSPS) is 10.5. The molecule has 0 aliphatic rings. The molecule has 0 aliphatic heterocycles. The number of hydrogen-bond acceptors (Lipinski definition) is 5. The van der Waals surface area contributed by atoms with E-state index in [1.165, 1.54) is 24.5 Å². The van der Waals surface area contributed by atoms with E-state index in [4.69, 9.17) is 8.94 Å². The molecular formula is C21H14FN3O4. The second-order valence-electron chi connectivity index (χ2n) is 6.05. The van der Waals surface area contributed by atoms with Crippen LogP contribution in [-0.4, -0.2) is 17.0 Å². The van der Waals surface area contributed by atoms with Crippen LogP contribution in [0.2, 0.25) is 0 Å². The van der Waals surface area contributed by atoms with Crippen molar-refractivity contribution >= 4 is 23.2 Å². The van der Waals surface area contributed by atoms with Crippen LogP contribution < -0.4 is 10.6 Å². The second-order valence-corrected chi connectivity index (χ2v) is 6.05. The number of halogens is 1. The minimum atomic E-state index is -0.533. The lowest BCUT2D eigenvalue weighted by molar-refractivity contribution is 0.0984. The van der Waals surface area contributed by atoms with Crippen LogP contribution in [0.3, 0.4) is 0 Å². The predicted octanol–water partition coefficient (Wildman–Crippen LogP) is 4.58. The number of hydrogen-bond donors (Lipinski definition) is 2. The van der Waals surface area contributed by atoms with Crippen molar-refractivity contribution in [1.29, 1.82) is 0 Å². The van der Waals surface area contributed by atoms with Crippen molar-refractivity contribution in [3.63, 3.8) is 0 Å². The first-order chi connectivity index (χ1) is 14.1. The maximum atomic E-state index is 13.4. The fraction of sp³-hybridized carbons (Fsp3) is 0. The molecule has 0 saturated carbocycles. The van der Waals surface area contributed by atoms with Gasteiger partial charge in [-0.1, -0.05) is 23.4 Å². The minimum Gasteiger partial charge on any atom is -0.459 e. The summed E-state index contributed by atoms with van der Waals surface area (Å²) in [5.74, 6) is -1.21. The van der Waals surface area contributed by atoms with Gasteiger partial charge >= 0.3 is 0 Å². The Morgan fingerprint density at radius 3 is 2.24 bits per heavy atom. The van der Waals surface area contributed by atoms with Crippen LogP contribution in [0.15, 0.2) is 81.9 Å². The lowest BCUT2D eigenvalue weighted by Crippen LogP contribution is -2.13. The number of benzene rings is 2. The number of anilines is 2. The van der Waals surface area contributed by atoms with Gasteiger partial charge in [0.15, 0.2) is 5.76 Å². The molecule has 2 amide bonds. The number of carbonyl (C=O) groups is 2. The molecule has 0 fully saturated rings. The van der Waals surface area contributed by atoms with E-state index in [1.807, 2.05) is 0 Å². The van der Waals surface area contributed by atoms with E-state index in [0.717, 1.165) is 0 Å². The summed E-state index contributed by atoms with van der Waals surface area (Å²) >= 11 is 0. The molecule has 144 valence electrons. The fourth-order valence-electron chi connectivity index (χ4n) is 2.63. The molecule has 2 heterocycles. The molecule has 0 saturated heterocycles. The SMILES string of the molecule is O=C(Nc1cccc(NC(=O)c2cc(-c3cccc(F)c3)no2)c1)c1ccco1. The van der Waals surface area contributed by atoms with E-state index >= 15 is 0 Å². The Morgan fingerprint density at radius 2 is 1.55 bits per heavy atom. The quantitative estimate of drug-likeness (QED) is 0.519. The van der Waals surface area contributed by atoms with Crippen LogP contribution >= 0.6 is 0 Å². The number of nitrogens with one attached hydrogen (secondary N) is 2. The summed E-state index contributed by atoms with van der Waals surface area (Å²) in [5.41, 5.74) is 1.75. The van der Waals surface area contributed by atoms with Gasteiger partial charge in [-0.3, -0.25) is 9.59 Å². The highest BCUT2D eigenvalue weighted by molar-refractivity contribution is 6.04. The van der Waals surface area contributed by atoms with Crippen molar-refractivity contribution in [3.05, 3.63) is 90.3 Å². The number of furan rings is 1. The maximum absolute atomic E-state index is 13.4. The van der Waals surface area contributed by atoms with Crippen molar-refractivity contribution in [2.45, 2.75) is 0 Å². The molecule has 0 unspecified atom stereocenters. The lowest BCUT2D eigenvalue weighted by atomic mass is 10.1. The Hall–Kier alpha value is -4.20. The summed E-state index contributed by atoms with van der Waals surface area (Å²) in [5, 5.41) is 9.14. The molecule has 4 aromatic rings. The Morgan fingerprint density at radius 1 is 0.828 bits per heavy atom. The molecule has 0 atom stereocenters. The predicted molar refractivity (Wildman–Crippen MR) is 103 cm³/mol. The first-order valence-electron chi connectivity index (χ1n) is 8.57. The lowest BCUT2D eigenvalue weighted by Gasteiger charge is -2.07. The summed E-state index contributed by atoms with van der Waals surface area (Å²) in [7, 11) is 0. The molecule has 0 aliphatic carbocycles. The highest BCUT2D eigenvalue weighted by Crippen LogP contribution is 2.21. The van der Waals surface area contributed by atoms with E-state index < -0.39 is 17.6 Å². The van der Waals surface area contributed by atoms with Crippen LogP contribution in [0.4, 0.5) is 15.8 Å². The van der Waals surface area contributed by atoms with Crippen LogP contribution in [0.1, 0.15) is 21.1 Å². The molecule has 2 aromatic carbocycles. The largest absolute Gasteiger partial charge is 0.459 e. The van der Waals surface area contributed by atoms with Gasteiger partial charge in [0, 0.05) is 23.0 Å². The molecular weight excluding hydrogens is 377 g/mol. The number of amides is 2. The van der Waals surface area contributed by atoms with Crippen molar-refractivity contribution in [2.75, 3.05) is 10.6 Å². The fourth-order valence-corrected chi connectivity index (χ4v) is 2.63. The van der Waals surface area contributed by atoms with Crippen LogP contribution in [0.25, 0.3) is 11.3 Å². The van der Waals surface area contributed by atoms with E-state index in [1.54, 1.807) is 48.5 Å².